The molecule has 1 spiro atoms. The summed E-state index contributed by atoms with van der Waals surface area (Å²) in [5.74, 6) is 0.686. The molecular formula is C20H17NO2. The molecule has 114 valence electrons. The molecule has 0 bridgehead atoms. The molecule has 0 aromatic heterocycles. The maximum absolute atomic E-state index is 12.9. The maximum atomic E-state index is 12.9. The van der Waals surface area contributed by atoms with E-state index in [-0.39, 0.29) is 5.91 Å². The van der Waals surface area contributed by atoms with Gasteiger partial charge in [-0.25, -0.2) is 0 Å². The molecule has 1 unspecified atom stereocenters. The quantitative estimate of drug-likeness (QED) is 0.842. The van der Waals surface area contributed by atoms with E-state index in [4.69, 9.17) is 4.74 Å². The summed E-state index contributed by atoms with van der Waals surface area (Å²) in [5.41, 5.74) is 1.90. The number of amides is 1. The van der Waals surface area contributed by atoms with Crippen LogP contribution < -0.4 is 4.90 Å². The largest absolute Gasteiger partial charge is 0.468 e. The highest BCUT2D eigenvalue weighted by Crippen LogP contribution is 2.47. The van der Waals surface area contributed by atoms with Gasteiger partial charge < -0.3 is 9.64 Å². The van der Waals surface area contributed by atoms with Crippen molar-refractivity contribution in [3.63, 3.8) is 0 Å². The Hall–Kier alpha value is -2.81. The number of likely N-dealkylation sites (N-methyl/N-ethyl adjacent to an activating group) is 1. The van der Waals surface area contributed by atoms with Gasteiger partial charge in [-0.15, -0.1) is 0 Å². The fourth-order valence-electron chi connectivity index (χ4n) is 3.27. The number of para-hydroxylation sites is 1. The molecule has 0 fully saturated rings. The molecule has 0 N–H and O–H groups in total. The van der Waals surface area contributed by atoms with Crippen LogP contribution in [-0.2, 0) is 15.1 Å². The van der Waals surface area contributed by atoms with Gasteiger partial charge in [0.05, 0.1) is 5.69 Å². The second-order valence-electron chi connectivity index (χ2n) is 5.69. The molecule has 2 aromatic carbocycles. The van der Waals surface area contributed by atoms with Gasteiger partial charge in [-0.1, -0.05) is 48.5 Å². The van der Waals surface area contributed by atoms with Crippen LogP contribution in [0.3, 0.4) is 0 Å². The smallest absolute Gasteiger partial charge is 0.280 e. The highest BCUT2D eigenvalue weighted by atomic mass is 16.5. The van der Waals surface area contributed by atoms with E-state index >= 15 is 0 Å². The van der Waals surface area contributed by atoms with Crippen LogP contribution in [0, 0.1) is 0 Å². The zero-order valence-electron chi connectivity index (χ0n) is 12.9. The van der Waals surface area contributed by atoms with E-state index in [1.165, 1.54) is 0 Å². The lowest BCUT2D eigenvalue weighted by Gasteiger charge is -2.22. The molecule has 2 aliphatic rings. The number of nitrogens with zero attached hydrogens (tertiary/aromatic N) is 1. The van der Waals surface area contributed by atoms with Crippen LogP contribution in [0.2, 0.25) is 0 Å². The highest BCUT2D eigenvalue weighted by molar-refractivity contribution is 6.09. The lowest BCUT2D eigenvalue weighted by atomic mass is 9.96. The second kappa shape index (κ2) is 5.13. The Morgan fingerprint density at radius 1 is 1.09 bits per heavy atom. The van der Waals surface area contributed by atoms with Gasteiger partial charge in [-0.2, -0.15) is 0 Å². The Bertz CT molecular complexity index is 823. The molecule has 0 aliphatic carbocycles. The van der Waals surface area contributed by atoms with Gasteiger partial charge in [0.25, 0.3) is 5.91 Å². The predicted molar refractivity (Wildman–Crippen MR) is 90.8 cm³/mol. The molecule has 4 rings (SSSR count). The number of anilines is 1. The summed E-state index contributed by atoms with van der Waals surface area (Å²) in [7, 11) is 0. The van der Waals surface area contributed by atoms with E-state index in [1.807, 2.05) is 79.7 Å². The summed E-state index contributed by atoms with van der Waals surface area (Å²) >= 11 is 0. The Morgan fingerprint density at radius 2 is 1.83 bits per heavy atom. The third kappa shape index (κ3) is 2.00. The number of benzene rings is 2. The monoisotopic (exact) mass is 303 g/mol. The third-order valence-electron chi connectivity index (χ3n) is 4.34. The van der Waals surface area contributed by atoms with Gasteiger partial charge in [0.1, 0.15) is 5.76 Å². The summed E-state index contributed by atoms with van der Waals surface area (Å²) < 4.78 is 6.14. The summed E-state index contributed by atoms with van der Waals surface area (Å²) in [5, 5.41) is 0. The molecule has 1 amide bonds. The Kier molecular flexibility index (Phi) is 3.08. The van der Waals surface area contributed by atoms with E-state index in [9.17, 15) is 4.79 Å². The number of carbonyl (C=O) groups is 1. The van der Waals surface area contributed by atoms with Crippen molar-refractivity contribution < 1.29 is 9.53 Å². The first-order chi connectivity index (χ1) is 11.2. The van der Waals surface area contributed by atoms with Crippen molar-refractivity contribution in [2.45, 2.75) is 12.5 Å². The van der Waals surface area contributed by atoms with Gasteiger partial charge in [-0.05, 0) is 36.8 Å². The third-order valence-corrected chi connectivity index (χ3v) is 4.34. The Labute approximate surface area is 135 Å². The van der Waals surface area contributed by atoms with Crippen LogP contribution in [0.1, 0.15) is 18.1 Å². The van der Waals surface area contributed by atoms with E-state index in [2.05, 4.69) is 0 Å². The molecule has 3 nitrogen and oxygen atoms in total. The van der Waals surface area contributed by atoms with Crippen molar-refractivity contribution in [1.29, 1.82) is 0 Å². The van der Waals surface area contributed by atoms with Crippen molar-refractivity contribution in [3.05, 3.63) is 83.6 Å². The van der Waals surface area contributed by atoms with E-state index in [0.29, 0.717) is 12.3 Å². The average molecular weight is 303 g/mol. The lowest BCUT2D eigenvalue weighted by molar-refractivity contribution is -0.131. The number of fused-ring (bicyclic) bond motifs is 2. The standard InChI is InChI=1S/C20H17NO2/c1-2-21-18-11-7-6-10-17(18)20(19(21)22)13-12-16(23-20)14-15-8-4-3-5-9-15/h3-14H,2H2,1H3/b16-14-. The van der Waals surface area contributed by atoms with E-state index < -0.39 is 5.60 Å². The van der Waals surface area contributed by atoms with Crippen LogP contribution in [-0.4, -0.2) is 12.5 Å². The molecule has 0 saturated heterocycles. The fraction of sp³-hybridized carbons (Fsp3) is 0.150. The summed E-state index contributed by atoms with van der Waals surface area (Å²) in [6, 6.07) is 17.8. The first-order valence-electron chi connectivity index (χ1n) is 7.81. The number of ether oxygens (including phenoxy) is 1. The van der Waals surface area contributed by atoms with Crippen LogP contribution >= 0.6 is 0 Å². The lowest BCUT2D eigenvalue weighted by Crippen LogP contribution is -2.39. The van der Waals surface area contributed by atoms with E-state index in [0.717, 1.165) is 16.8 Å². The Morgan fingerprint density at radius 3 is 2.61 bits per heavy atom. The minimum atomic E-state index is -1.01. The van der Waals surface area contributed by atoms with Gasteiger partial charge >= 0.3 is 0 Å². The van der Waals surface area contributed by atoms with Gasteiger partial charge in [0, 0.05) is 12.1 Å². The first-order valence-corrected chi connectivity index (χ1v) is 7.81. The maximum Gasteiger partial charge on any atom is 0.280 e. The molecular weight excluding hydrogens is 286 g/mol. The zero-order valence-corrected chi connectivity index (χ0v) is 12.9. The number of carbonyl (C=O) groups excluding carboxylic acids is 1. The van der Waals surface area contributed by atoms with Gasteiger partial charge in [0.2, 0.25) is 5.60 Å². The number of rotatable bonds is 2. The number of allylic oxidation sites excluding steroid dienone is 1. The minimum Gasteiger partial charge on any atom is -0.468 e. The summed E-state index contributed by atoms with van der Waals surface area (Å²) in [4.78, 5) is 14.7. The first kappa shape index (κ1) is 13.8. The van der Waals surface area contributed by atoms with Crippen molar-refractivity contribution >= 4 is 17.7 Å². The van der Waals surface area contributed by atoms with Crippen molar-refractivity contribution in [1.82, 2.24) is 0 Å². The van der Waals surface area contributed by atoms with Crippen molar-refractivity contribution in [2.75, 3.05) is 11.4 Å². The van der Waals surface area contributed by atoms with Crippen molar-refractivity contribution in [3.8, 4) is 0 Å². The molecule has 0 saturated carbocycles. The van der Waals surface area contributed by atoms with Crippen LogP contribution in [0.25, 0.3) is 6.08 Å². The minimum absolute atomic E-state index is 0.0195. The van der Waals surface area contributed by atoms with Crippen LogP contribution in [0.15, 0.2) is 72.5 Å². The van der Waals surface area contributed by atoms with Gasteiger partial charge in [-0.3, -0.25) is 4.79 Å². The van der Waals surface area contributed by atoms with Crippen molar-refractivity contribution in [2.24, 2.45) is 0 Å². The SMILES string of the molecule is CCN1C(=O)C2(C=C/C(=C/c3ccccc3)O2)c2ccccc21. The topological polar surface area (TPSA) is 29.5 Å². The molecule has 2 aliphatic heterocycles. The number of hydrogen-bond acceptors (Lipinski definition) is 2. The zero-order chi connectivity index (χ0) is 15.9. The number of hydrogen-bond donors (Lipinski definition) is 0. The molecule has 1 atom stereocenters. The second-order valence-corrected chi connectivity index (χ2v) is 5.69. The predicted octanol–water partition coefficient (Wildman–Crippen LogP) is 3.88. The summed E-state index contributed by atoms with van der Waals surface area (Å²) in [6.45, 7) is 2.61. The van der Waals surface area contributed by atoms with Crippen LogP contribution in [0.4, 0.5) is 5.69 Å². The fourth-order valence-corrected chi connectivity index (χ4v) is 3.27. The van der Waals surface area contributed by atoms with Crippen LogP contribution in [0.5, 0.6) is 0 Å². The molecule has 3 heteroatoms. The molecule has 2 aromatic rings. The van der Waals surface area contributed by atoms with E-state index in [1.54, 1.807) is 4.90 Å². The average Bonchev–Trinajstić information content (AvgIpc) is 3.10. The normalized spacial score (nSPS) is 23.6. The molecule has 2 heterocycles. The Balaban J connectivity index is 1.75. The van der Waals surface area contributed by atoms with Gasteiger partial charge in [0.15, 0.2) is 0 Å². The molecule has 0 radical (unpaired) electrons. The highest BCUT2D eigenvalue weighted by Gasteiger charge is 2.53. The summed E-state index contributed by atoms with van der Waals surface area (Å²) in [6.07, 6.45) is 5.72. The molecule has 23 heavy (non-hydrogen) atoms.